The van der Waals surface area contributed by atoms with E-state index >= 15 is 0 Å². The first kappa shape index (κ1) is 18.2. The third kappa shape index (κ3) is 8.25. The van der Waals surface area contributed by atoms with E-state index in [0.717, 1.165) is 12.2 Å². The van der Waals surface area contributed by atoms with Crippen LogP contribution in [-0.4, -0.2) is 36.7 Å². The van der Waals surface area contributed by atoms with Crippen molar-refractivity contribution in [2.45, 2.75) is 19.3 Å². The van der Waals surface area contributed by atoms with E-state index < -0.39 is 17.9 Å². The number of unbranched alkanes of at least 4 members (excludes halogenated alkanes) is 1. The standard InChI is InChI=1S/C16H18O7/c1-21-14(18)9-10-15(19)22-11-3-2-4-16(20)23-13-7-5-12(17)6-8-13/h5-10,17H,2-4,11H2,1H3. The van der Waals surface area contributed by atoms with Crippen LogP contribution in [0.5, 0.6) is 11.5 Å². The maximum Gasteiger partial charge on any atom is 0.331 e. The number of esters is 3. The topological polar surface area (TPSA) is 99.1 Å². The first-order chi connectivity index (χ1) is 11.0. The van der Waals surface area contributed by atoms with Crippen LogP contribution >= 0.6 is 0 Å². The number of benzene rings is 1. The highest BCUT2D eigenvalue weighted by molar-refractivity contribution is 5.91. The molecule has 0 fully saturated rings. The van der Waals surface area contributed by atoms with E-state index in [1.54, 1.807) is 0 Å². The van der Waals surface area contributed by atoms with Crippen molar-refractivity contribution in [3.8, 4) is 11.5 Å². The Morgan fingerprint density at radius 2 is 1.70 bits per heavy atom. The van der Waals surface area contributed by atoms with Crippen LogP contribution in [0.1, 0.15) is 19.3 Å². The summed E-state index contributed by atoms with van der Waals surface area (Å²) in [6, 6.07) is 5.82. The predicted octanol–water partition coefficient (Wildman–Crippen LogP) is 1.74. The summed E-state index contributed by atoms with van der Waals surface area (Å²) in [5, 5.41) is 9.11. The van der Waals surface area contributed by atoms with Crippen LogP contribution in [-0.2, 0) is 23.9 Å². The lowest BCUT2D eigenvalue weighted by atomic mass is 10.2. The molecule has 1 aromatic rings. The zero-order chi connectivity index (χ0) is 17.1. The van der Waals surface area contributed by atoms with Crippen molar-refractivity contribution >= 4 is 17.9 Å². The molecule has 0 aliphatic carbocycles. The van der Waals surface area contributed by atoms with Crippen LogP contribution in [0.3, 0.4) is 0 Å². The van der Waals surface area contributed by atoms with E-state index in [4.69, 9.17) is 14.6 Å². The minimum atomic E-state index is -0.651. The molecule has 1 rings (SSSR count). The fraction of sp³-hybridized carbons (Fsp3) is 0.312. The number of hydrogen-bond acceptors (Lipinski definition) is 7. The minimum absolute atomic E-state index is 0.0906. The number of carbonyl (C=O) groups is 3. The largest absolute Gasteiger partial charge is 0.508 e. The summed E-state index contributed by atoms with van der Waals surface area (Å²) in [6.45, 7) is 0.136. The second-order valence-corrected chi connectivity index (χ2v) is 4.45. The molecule has 7 nitrogen and oxygen atoms in total. The minimum Gasteiger partial charge on any atom is -0.508 e. The fourth-order valence-electron chi connectivity index (χ4n) is 1.49. The summed E-state index contributed by atoms with van der Waals surface area (Å²) >= 11 is 0. The lowest BCUT2D eigenvalue weighted by Gasteiger charge is -2.04. The molecule has 0 spiro atoms. The van der Waals surface area contributed by atoms with Gasteiger partial charge in [0.25, 0.3) is 0 Å². The molecule has 1 N–H and O–H groups in total. The van der Waals surface area contributed by atoms with Gasteiger partial charge in [-0.2, -0.15) is 0 Å². The Balaban J connectivity index is 2.13. The van der Waals surface area contributed by atoms with Crippen LogP contribution in [0.4, 0.5) is 0 Å². The monoisotopic (exact) mass is 322 g/mol. The molecule has 0 unspecified atom stereocenters. The molecule has 0 radical (unpaired) electrons. The van der Waals surface area contributed by atoms with Crippen molar-refractivity contribution in [2.75, 3.05) is 13.7 Å². The zero-order valence-corrected chi connectivity index (χ0v) is 12.7. The number of phenols is 1. The Morgan fingerprint density at radius 3 is 2.35 bits per heavy atom. The quantitative estimate of drug-likeness (QED) is 0.337. The lowest BCUT2D eigenvalue weighted by Crippen LogP contribution is -2.09. The average Bonchev–Trinajstić information content (AvgIpc) is 2.54. The van der Waals surface area contributed by atoms with Crippen LogP contribution in [0.15, 0.2) is 36.4 Å². The molecule has 0 bridgehead atoms. The van der Waals surface area contributed by atoms with Gasteiger partial charge in [-0.05, 0) is 37.1 Å². The Kier molecular flexibility index (Phi) is 7.91. The molecule has 1 aromatic carbocycles. The van der Waals surface area contributed by atoms with Gasteiger partial charge in [0.1, 0.15) is 11.5 Å². The van der Waals surface area contributed by atoms with Crippen LogP contribution in [0.2, 0.25) is 0 Å². The highest BCUT2D eigenvalue weighted by Crippen LogP contribution is 2.16. The molecule has 124 valence electrons. The number of hydrogen-bond donors (Lipinski definition) is 1. The zero-order valence-electron chi connectivity index (χ0n) is 12.7. The summed E-state index contributed by atoms with van der Waals surface area (Å²) in [7, 11) is 1.20. The molecule has 23 heavy (non-hydrogen) atoms. The van der Waals surface area contributed by atoms with Gasteiger partial charge in [-0.25, -0.2) is 9.59 Å². The summed E-state index contributed by atoms with van der Waals surface area (Å²) in [5.74, 6) is -1.26. The molecule has 0 amide bonds. The van der Waals surface area contributed by atoms with Crippen molar-refractivity contribution in [3.63, 3.8) is 0 Å². The maximum absolute atomic E-state index is 11.5. The number of rotatable bonds is 8. The predicted molar refractivity (Wildman–Crippen MR) is 79.7 cm³/mol. The molecule has 0 atom stereocenters. The molecule has 0 saturated heterocycles. The second-order valence-electron chi connectivity index (χ2n) is 4.45. The highest BCUT2D eigenvalue weighted by Gasteiger charge is 2.05. The van der Waals surface area contributed by atoms with Gasteiger partial charge < -0.3 is 19.3 Å². The maximum atomic E-state index is 11.5. The molecule has 0 saturated carbocycles. The van der Waals surface area contributed by atoms with E-state index in [1.165, 1.54) is 31.4 Å². The highest BCUT2D eigenvalue weighted by atomic mass is 16.5. The van der Waals surface area contributed by atoms with Crippen molar-refractivity contribution in [1.82, 2.24) is 0 Å². The Labute approximate surface area is 133 Å². The van der Waals surface area contributed by atoms with E-state index in [1.807, 2.05) is 0 Å². The second kappa shape index (κ2) is 9.99. The number of methoxy groups -OCH3 is 1. The normalized spacial score (nSPS) is 10.3. The molecule has 0 aliphatic heterocycles. The van der Waals surface area contributed by atoms with Crippen molar-refractivity contribution in [3.05, 3.63) is 36.4 Å². The first-order valence-corrected chi connectivity index (χ1v) is 6.94. The fourth-order valence-corrected chi connectivity index (χ4v) is 1.49. The van der Waals surface area contributed by atoms with E-state index in [2.05, 4.69) is 4.74 Å². The van der Waals surface area contributed by atoms with Gasteiger partial charge in [0.15, 0.2) is 0 Å². The number of aromatic hydroxyl groups is 1. The number of carbonyl (C=O) groups excluding carboxylic acids is 3. The van der Waals surface area contributed by atoms with Gasteiger partial charge in [-0.3, -0.25) is 4.79 Å². The number of phenolic OH excluding ortho intramolecular Hbond substituents is 1. The molecular weight excluding hydrogens is 304 g/mol. The van der Waals surface area contributed by atoms with Crippen molar-refractivity contribution in [1.29, 1.82) is 0 Å². The van der Waals surface area contributed by atoms with Gasteiger partial charge in [0, 0.05) is 18.6 Å². The lowest BCUT2D eigenvalue weighted by molar-refractivity contribution is -0.139. The van der Waals surface area contributed by atoms with Crippen LogP contribution in [0.25, 0.3) is 0 Å². The van der Waals surface area contributed by atoms with Crippen LogP contribution in [0, 0.1) is 0 Å². The molecule has 0 aromatic heterocycles. The van der Waals surface area contributed by atoms with Crippen molar-refractivity contribution in [2.24, 2.45) is 0 Å². The molecule has 0 aliphatic rings. The molecule has 0 heterocycles. The third-order valence-electron chi connectivity index (χ3n) is 2.64. The summed E-state index contributed by atoms with van der Waals surface area (Å²) in [5.41, 5.74) is 0. The molecular formula is C16H18O7. The van der Waals surface area contributed by atoms with Crippen LogP contribution < -0.4 is 4.74 Å². The smallest absolute Gasteiger partial charge is 0.331 e. The molecule has 7 heteroatoms. The Hall–Kier alpha value is -2.83. The van der Waals surface area contributed by atoms with Gasteiger partial charge in [-0.15, -0.1) is 0 Å². The van der Waals surface area contributed by atoms with E-state index in [0.29, 0.717) is 18.6 Å². The van der Waals surface area contributed by atoms with Gasteiger partial charge in [0.05, 0.1) is 13.7 Å². The number of ether oxygens (including phenoxy) is 3. The third-order valence-corrected chi connectivity index (χ3v) is 2.64. The Bertz CT molecular complexity index is 560. The van der Waals surface area contributed by atoms with Gasteiger partial charge in [0.2, 0.25) is 0 Å². The summed E-state index contributed by atoms with van der Waals surface area (Å²) in [4.78, 5) is 33.5. The van der Waals surface area contributed by atoms with E-state index in [9.17, 15) is 14.4 Å². The van der Waals surface area contributed by atoms with Gasteiger partial charge in [-0.1, -0.05) is 0 Å². The van der Waals surface area contributed by atoms with Crippen molar-refractivity contribution < 1.29 is 33.7 Å². The Morgan fingerprint density at radius 1 is 1.04 bits per heavy atom. The summed E-state index contributed by atoms with van der Waals surface area (Å²) < 4.78 is 14.2. The first-order valence-electron chi connectivity index (χ1n) is 6.94. The van der Waals surface area contributed by atoms with E-state index in [-0.39, 0.29) is 18.8 Å². The summed E-state index contributed by atoms with van der Waals surface area (Å²) in [6.07, 6.45) is 3.10. The average molecular weight is 322 g/mol. The van der Waals surface area contributed by atoms with Gasteiger partial charge >= 0.3 is 17.9 Å². The SMILES string of the molecule is COC(=O)C=CC(=O)OCCCCC(=O)Oc1ccc(O)cc1.